The van der Waals surface area contributed by atoms with E-state index in [9.17, 15) is 9.59 Å². The summed E-state index contributed by atoms with van der Waals surface area (Å²) in [6.45, 7) is 0. The lowest BCUT2D eigenvalue weighted by molar-refractivity contribution is 0.102. The fourth-order valence-electron chi connectivity index (χ4n) is 2.08. The fourth-order valence-corrected chi connectivity index (χ4v) is 2.39. The number of benzene rings is 2. The van der Waals surface area contributed by atoms with Crippen molar-refractivity contribution >= 4 is 34.8 Å². The average molecular weight is 360 g/mol. The van der Waals surface area contributed by atoms with Crippen molar-refractivity contribution in [2.24, 2.45) is 0 Å². The number of hydrogen-bond acceptors (Lipinski definition) is 3. The van der Waals surface area contributed by atoms with Gasteiger partial charge in [-0.2, -0.15) is 0 Å². The Hall–Kier alpha value is -2.63. The molecule has 0 aliphatic rings. The Labute approximate surface area is 147 Å². The van der Waals surface area contributed by atoms with Crippen LogP contribution in [0.2, 0.25) is 10.0 Å². The molecule has 120 valence electrons. The van der Waals surface area contributed by atoms with Gasteiger partial charge in [0.25, 0.3) is 11.5 Å². The first-order chi connectivity index (χ1) is 11.5. The van der Waals surface area contributed by atoms with Gasteiger partial charge in [0.15, 0.2) is 0 Å². The molecule has 2 aromatic carbocycles. The molecule has 0 fully saturated rings. The van der Waals surface area contributed by atoms with Crippen LogP contribution in [0.4, 0.5) is 5.69 Å². The van der Waals surface area contributed by atoms with Gasteiger partial charge < -0.3 is 10.3 Å². The number of nitrogens with zero attached hydrogens (tertiary/aromatic N) is 1. The summed E-state index contributed by atoms with van der Waals surface area (Å²) in [5.41, 5.74) is 0.564. The molecule has 5 nitrogen and oxygen atoms in total. The van der Waals surface area contributed by atoms with Crippen molar-refractivity contribution in [1.29, 1.82) is 0 Å². The molecule has 3 rings (SSSR count). The number of carbonyl (C=O) groups excluding carboxylic acids is 1. The zero-order valence-electron chi connectivity index (χ0n) is 12.2. The van der Waals surface area contributed by atoms with Crippen molar-refractivity contribution in [2.75, 3.05) is 5.32 Å². The quantitative estimate of drug-likeness (QED) is 0.742. The molecule has 0 radical (unpaired) electrons. The van der Waals surface area contributed by atoms with Crippen molar-refractivity contribution in [1.82, 2.24) is 9.97 Å². The maximum atomic E-state index is 12.2. The second-order valence-electron chi connectivity index (χ2n) is 4.95. The minimum Gasteiger partial charge on any atom is -0.322 e. The highest BCUT2D eigenvalue weighted by Gasteiger charge is 2.13. The molecule has 0 aliphatic carbocycles. The predicted octanol–water partition coefficient (Wildman–Crippen LogP) is 4.00. The van der Waals surface area contributed by atoms with Crippen molar-refractivity contribution in [3.8, 4) is 11.4 Å². The highest BCUT2D eigenvalue weighted by Crippen LogP contribution is 2.18. The Morgan fingerprint density at radius 3 is 2.46 bits per heavy atom. The average Bonchev–Trinajstić information content (AvgIpc) is 2.55. The van der Waals surface area contributed by atoms with Crippen LogP contribution in [0.3, 0.4) is 0 Å². The molecule has 1 aromatic heterocycles. The van der Waals surface area contributed by atoms with Crippen molar-refractivity contribution in [3.63, 3.8) is 0 Å². The lowest BCUT2D eigenvalue weighted by Gasteiger charge is -2.06. The van der Waals surface area contributed by atoms with Gasteiger partial charge in [-0.3, -0.25) is 9.59 Å². The second-order valence-corrected chi connectivity index (χ2v) is 5.82. The molecule has 0 saturated carbocycles. The topological polar surface area (TPSA) is 74.8 Å². The lowest BCUT2D eigenvalue weighted by atomic mass is 10.2. The highest BCUT2D eigenvalue weighted by atomic mass is 35.5. The van der Waals surface area contributed by atoms with E-state index in [1.165, 1.54) is 6.20 Å². The van der Waals surface area contributed by atoms with Crippen molar-refractivity contribution in [3.05, 3.63) is 80.7 Å². The Morgan fingerprint density at radius 1 is 1.04 bits per heavy atom. The van der Waals surface area contributed by atoms with Gasteiger partial charge in [-0.05, 0) is 42.5 Å². The first kappa shape index (κ1) is 16.2. The van der Waals surface area contributed by atoms with Crippen molar-refractivity contribution < 1.29 is 4.79 Å². The molecule has 24 heavy (non-hydrogen) atoms. The molecule has 1 heterocycles. The second kappa shape index (κ2) is 6.86. The molecule has 3 aromatic rings. The smallest absolute Gasteiger partial charge is 0.264 e. The molecule has 7 heteroatoms. The maximum Gasteiger partial charge on any atom is 0.264 e. The molecular weight excluding hydrogens is 349 g/mol. The van der Waals surface area contributed by atoms with Crippen LogP contribution < -0.4 is 10.9 Å². The molecule has 0 aliphatic heterocycles. The van der Waals surface area contributed by atoms with E-state index >= 15 is 0 Å². The maximum absolute atomic E-state index is 12.2. The monoisotopic (exact) mass is 359 g/mol. The molecule has 0 spiro atoms. The van der Waals surface area contributed by atoms with Crippen LogP contribution in [0.5, 0.6) is 0 Å². The number of halogens is 2. The Kier molecular flexibility index (Phi) is 4.64. The lowest BCUT2D eigenvalue weighted by Crippen LogP contribution is -2.24. The summed E-state index contributed by atoms with van der Waals surface area (Å²) in [5.74, 6) is -0.204. The molecule has 0 saturated heterocycles. The van der Waals surface area contributed by atoms with Gasteiger partial charge in [-0.1, -0.05) is 29.3 Å². The Morgan fingerprint density at radius 2 is 1.79 bits per heavy atom. The van der Waals surface area contributed by atoms with Crippen LogP contribution in [-0.2, 0) is 0 Å². The van der Waals surface area contributed by atoms with E-state index in [-0.39, 0.29) is 5.56 Å². The van der Waals surface area contributed by atoms with Gasteiger partial charge in [0.05, 0.1) is 0 Å². The summed E-state index contributed by atoms with van der Waals surface area (Å²) < 4.78 is 0. The van der Waals surface area contributed by atoms with E-state index in [4.69, 9.17) is 23.2 Å². The largest absolute Gasteiger partial charge is 0.322 e. The number of aromatic amines is 1. The zero-order chi connectivity index (χ0) is 17.1. The SMILES string of the molecule is O=C(Nc1cccc(Cl)c1)c1cnc(-c2ccc(Cl)cc2)[nH]c1=O. The summed E-state index contributed by atoms with van der Waals surface area (Å²) in [7, 11) is 0. The van der Waals surface area contributed by atoms with E-state index in [2.05, 4.69) is 15.3 Å². The molecule has 0 bridgehead atoms. The number of anilines is 1. The zero-order valence-corrected chi connectivity index (χ0v) is 13.7. The van der Waals surface area contributed by atoms with Gasteiger partial charge >= 0.3 is 0 Å². The number of carbonyl (C=O) groups is 1. The van der Waals surface area contributed by atoms with Crippen LogP contribution in [-0.4, -0.2) is 15.9 Å². The predicted molar refractivity (Wildman–Crippen MR) is 94.7 cm³/mol. The third-order valence-electron chi connectivity index (χ3n) is 3.24. The Bertz CT molecular complexity index is 953. The fraction of sp³-hybridized carbons (Fsp3) is 0. The molecule has 0 atom stereocenters. The number of nitrogens with one attached hydrogen (secondary N) is 2. The first-order valence-electron chi connectivity index (χ1n) is 6.95. The van der Waals surface area contributed by atoms with Crippen molar-refractivity contribution in [2.45, 2.75) is 0 Å². The first-order valence-corrected chi connectivity index (χ1v) is 7.71. The summed E-state index contributed by atoms with van der Waals surface area (Å²) in [6, 6.07) is 13.5. The molecule has 2 N–H and O–H groups in total. The van der Waals surface area contributed by atoms with Gasteiger partial charge in [0, 0.05) is 27.5 Å². The number of hydrogen-bond donors (Lipinski definition) is 2. The third kappa shape index (κ3) is 3.64. The van der Waals surface area contributed by atoms with Crippen LogP contribution in [0.15, 0.2) is 59.5 Å². The number of H-pyrrole nitrogens is 1. The number of rotatable bonds is 3. The molecule has 0 unspecified atom stereocenters. The van der Waals surface area contributed by atoms with Gasteiger partial charge in [-0.15, -0.1) is 0 Å². The van der Waals surface area contributed by atoms with Gasteiger partial charge in [-0.25, -0.2) is 4.98 Å². The summed E-state index contributed by atoms with van der Waals surface area (Å²) in [6.07, 6.45) is 1.24. The van der Waals surface area contributed by atoms with Crippen LogP contribution in [0.25, 0.3) is 11.4 Å². The minimum atomic E-state index is -0.561. The van der Waals surface area contributed by atoms with Crippen LogP contribution in [0.1, 0.15) is 10.4 Å². The van der Waals surface area contributed by atoms with Gasteiger partial charge in [0.2, 0.25) is 0 Å². The third-order valence-corrected chi connectivity index (χ3v) is 3.73. The number of aromatic nitrogens is 2. The Balaban J connectivity index is 1.85. The summed E-state index contributed by atoms with van der Waals surface area (Å²) in [5, 5.41) is 3.67. The number of amides is 1. The minimum absolute atomic E-state index is 0.0901. The summed E-state index contributed by atoms with van der Waals surface area (Å²) in [4.78, 5) is 31.1. The molecule has 1 amide bonds. The summed E-state index contributed by atoms with van der Waals surface area (Å²) >= 11 is 11.7. The van der Waals surface area contributed by atoms with E-state index in [1.807, 2.05) is 0 Å². The normalized spacial score (nSPS) is 10.4. The van der Waals surface area contributed by atoms with Gasteiger partial charge in [0.1, 0.15) is 11.4 Å². The van der Waals surface area contributed by atoms with E-state index in [1.54, 1.807) is 48.5 Å². The van der Waals surface area contributed by atoms with E-state index < -0.39 is 11.5 Å². The van der Waals surface area contributed by atoms with Crippen LogP contribution in [0, 0.1) is 0 Å². The molecular formula is C17H11Cl2N3O2. The van der Waals surface area contributed by atoms with Crippen LogP contribution >= 0.6 is 23.2 Å². The van der Waals surface area contributed by atoms with E-state index in [0.29, 0.717) is 27.1 Å². The highest BCUT2D eigenvalue weighted by molar-refractivity contribution is 6.31. The standard InChI is InChI=1S/C17H11Cl2N3O2/c18-11-6-4-10(5-7-11)15-20-9-14(17(24)22-15)16(23)21-13-3-1-2-12(19)8-13/h1-9H,(H,21,23)(H,20,22,24). The van der Waals surface area contributed by atoms with E-state index in [0.717, 1.165) is 0 Å².